The van der Waals surface area contributed by atoms with Gasteiger partial charge in [0.05, 0.1) is 18.0 Å². The number of likely N-dealkylation sites (tertiary alicyclic amines) is 1. The molecule has 1 amide bonds. The molecule has 1 spiro atoms. The van der Waals surface area contributed by atoms with Gasteiger partial charge in [-0.1, -0.05) is 18.6 Å². The van der Waals surface area contributed by atoms with Crippen molar-refractivity contribution in [2.24, 2.45) is 18.9 Å². The highest BCUT2D eigenvalue weighted by Gasteiger charge is 2.62. The lowest BCUT2D eigenvalue weighted by atomic mass is 9.73. The molecule has 0 unspecified atom stereocenters. The Morgan fingerprint density at radius 1 is 1.52 bits per heavy atom. The number of carbonyl (C=O) groups excluding carboxylic acids is 1. The monoisotopic (exact) mass is 372 g/mol. The van der Waals surface area contributed by atoms with Crippen LogP contribution in [-0.4, -0.2) is 58.2 Å². The van der Waals surface area contributed by atoms with Crippen molar-refractivity contribution in [1.82, 2.24) is 19.8 Å². The van der Waals surface area contributed by atoms with E-state index in [1.54, 1.807) is 17.1 Å². The van der Waals surface area contributed by atoms with Gasteiger partial charge in [-0.25, -0.2) is 4.98 Å². The van der Waals surface area contributed by atoms with Crippen LogP contribution in [0.5, 0.6) is 0 Å². The van der Waals surface area contributed by atoms with Gasteiger partial charge in [-0.15, -0.1) is 0 Å². The molecule has 4 rings (SSSR count). The molecule has 0 radical (unpaired) electrons. The fourth-order valence-corrected chi connectivity index (χ4v) is 5.20. The number of nitrogens with one attached hydrogen (secondary N) is 1. The van der Waals surface area contributed by atoms with E-state index in [0.29, 0.717) is 30.2 Å². The third-order valence-electron chi connectivity index (χ3n) is 6.79. The van der Waals surface area contributed by atoms with Crippen molar-refractivity contribution in [3.8, 4) is 0 Å². The topological polar surface area (TPSA) is 59.4 Å². The summed E-state index contributed by atoms with van der Waals surface area (Å²) < 4.78 is 8.29. The van der Waals surface area contributed by atoms with Crippen molar-refractivity contribution < 1.29 is 9.53 Å². The number of aromatic nitrogens is 2. The Balaban J connectivity index is 1.34. The predicted molar refractivity (Wildman–Crippen MR) is 104 cm³/mol. The Hall–Kier alpha value is -1.66. The summed E-state index contributed by atoms with van der Waals surface area (Å²) in [5.41, 5.74) is 2.00. The number of imidazole rings is 1. The minimum absolute atomic E-state index is 0.0363. The lowest BCUT2D eigenvalue weighted by Gasteiger charge is -2.29. The van der Waals surface area contributed by atoms with E-state index in [0.717, 1.165) is 38.9 Å². The Morgan fingerprint density at radius 2 is 2.37 bits per heavy atom. The largest absolute Gasteiger partial charge is 0.370 e. The number of hydrogen-bond donors (Lipinski definition) is 1. The minimum atomic E-state index is -0.0811. The second-order valence-corrected chi connectivity index (χ2v) is 8.59. The van der Waals surface area contributed by atoms with Gasteiger partial charge in [-0.05, 0) is 32.6 Å². The first kappa shape index (κ1) is 18.7. The number of fused-ring (bicyclic) bond motifs is 1. The zero-order valence-electron chi connectivity index (χ0n) is 16.8. The average Bonchev–Trinajstić information content (AvgIpc) is 3.39. The quantitative estimate of drug-likeness (QED) is 0.747. The lowest BCUT2D eigenvalue weighted by Crippen LogP contribution is -2.42. The standard InChI is InChI=1S/C21H32N4O2/c1-4-15(2)6-5-9-25-11-17-16(19-7-8-21(17,13-25)27-19)10-22-20(26)18-12-24(3)14-23-18/h6,12,14,16-17,19H,4-5,7-11,13H2,1-3H3,(H,22,26)/b15-6+/t16-,17+,19+,21+/m0/s1. The lowest BCUT2D eigenvalue weighted by molar-refractivity contribution is 0.00290. The molecular formula is C21H32N4O2. The zero-order chi connectivity index (χ0) is 19.0. The van der Waals surface area contributed by atoms with Crippen molar-refractivity contribution in [3.63, 3.8) is 0 Å². The van der Waals surface area contributed by atoms with E-state index >= 15 is 0 Å². The molecule has 0 aromatic carbocycles. The molecule has 0 aliphatic carbocycles. The molecule has 27 heavy (non-hydrogen) atoms. The van der Waals surface area contributed by atoms with Crippen LogP contribution in [0, 0.1) is 11.8 Å². The van der Waals surface area contributed by atoms with Crippen LogP contribution in [0.4, 0.5) is 0 Å². The van der Waals surface area contributed by atoms with E-state index in [1.165, 1.54) is 12.0 Å². The van der Waals surface area contributed by atoms with Crippen LogP contribution in [0.25, 0.3) is 0 Å². The molecule has 4 atom stereocenters. The number of carbonyl (C=O) groups is 1. The van der Waals surface area contributed by atoms with Gasteiger partial charge < -0.3 is 14.6 Å². The number of ether oxygens (including phenoxy) is 1. The summed E-state index contributed by atoms with van der Waals surface area (Å²) in [7, 11) is 1.88. The Bertz CT molecular complexity index is 728. The molecule has 2 bridgehead atoms. The van der Waals surface area contributed by atoms with Gasteiger partial charge in [-0.2, -0.15) is 0 Å². The number of nitrogens with zero attached hydrogens (tertiary/aromatic N) is 3. The third-order valence-corrected chi connectivity index (χ3v) is 6.79. The highest BCUT2D eigenvalue weighted by Crippen LogP contribution is 2.54. The van der Waals surface area contributed by atoms with Crippen molar-refractivity contribution in [1.29, 1.82) is 0 Å². The summed E-state index contributed by atoms with van der Waals surface area (Å²) in [6.07, 6.45) is 10.7. The Morgan fingerprint density at radius 3 is 3.11 bits per heavy atom. The summed E-state index contributed by atoms with van der Waals surface area (Å²) in [4.78, 5) is 19.1. The van der Waals surface area contributed by atoms with Crippen molar-refractivity contribution in [3.05, 3.63) is 29.9 Å². The fraction of sp³-hybridized carbons (Fsp3) is 0.714. The molecule has 148 valence electrons. The minimum Gasteiger partial charge on any atom is -0.370 e. The highest BCUT2D eigenvalue weighted by atomic mass is 16.5. The van der Waals surface area contributed by atoms with Gasteiger partial charge in [0, 0.05) is 51.3 Å². The first-order valence-electron chi connectivity index (χ1n) is 10.3. The molecule has 3 aliphatic rings. The zero-order valence-corrected chi connectivity index (χ0v) is 16.8. The summed E-state index contributed by atoms with van der Waals surface area (Å²) in [6, 6.07) is 0. The summed E-state index contributed by atoms with van der Waals surface area (Å²) >= 11 is 0. The molecule has 1 aromatic heterocycles. The summed E-state index contributed by atoms with van der Waals surface area (Å²) in [5.74, 6) is 0.878. The molecule has 6 heteroatoms. The maximum atomic E-state index is 12.4. The Kier molecular flexibility index (Phi) is 5.12. The molecule has 3 saturated heterocycles. The van der Waals surface area contributed by atoms with Crippen molar-refractivity contribution in [2.75, 3.05) is 26.2 Å². The first-order valence-corrected chi connectivity index (χ1v) is 10.3. The van der Waals surface area contributed by atoms with E-state index in [9.17, 15) is 4.79 Å². The molecule has 1 N–H and O–H groups in total. The third kappa shape index (κ3) is 3.57. The smallest absolute Gasteiger partial charge is 0.271 e. The van der Waals surface area contributed by atoms with Gasteiger partial charge in [0.15, 0.2) is 0 Å². The van der Waals surface area contributed by atoms with E-state index < -0.39 is 0 Å². The van der Waals surface area contributed by atoms with Crippen LogP contribution in [0.15, 0.2) is 24.2 Å². The van der Waals surface area contributed by atoms with E-state index in [1.807, 2.05) is 7.05 Å². The van der Waals surface area contributed by atoms with Crippen LogP contribution in [0.2, 0.25) is 0 Å². The normalized spacial score (nSPS) is 32.9. The van der Waals surface area contributed by atoms with E-state index in [2.05, 4.69) is 35.1 Å². The maximum absolute atomic E-state index is 12.4. The summed E-state index contributed by atoms with van der Waals surface area (Å²) in [6.45, 7) is 8.37. The average molecular weight is 373 g/mol. The molecule has 1 aromatic rings. The van der Waals surface area contributed by atoms with Crippen LogP contribution in [0.3, 0.4) is 0 Å². The Labute approximate surface area is 162 Å². The van der Waals surface area contributed by atoms with Crippen LogP contribution in [-0.2, 0) is 11.8 Å². The van der Waals surface area contributed by atoms with Gasteiger partial charge >= 0.3 is 0 Å². The van der Waals surface area contributed by atoms with Gasteiger partial charge in [-0.3, -0.25) is 9.69 Å². The first-order chi connectivity index (χ1) is 13.0. The highest BCUT2D eigenvalue weighted by molar-refractivity contribution is 5.92. The number of amides is 1. The van der Waals surface area contributed by atoms with Crippen LogP contribution >= 0.6 is 0 Å². The maximum Gasteiger partial charge on any atom is 0.271 e. The summed E-state index contributed by atoms with van der Waals surface area (Å²) in [5, 5.41) is 3.11. The molecule has 3 fully saturated rings. The molecule has 4 heterocycles. The number of rotatable bonds is 7. The van der Waals surface area contributed by atoms with Crippen molar-refractivity contribution in [2.45, 2.75) is 51.2 Å². The molecule has 3 aliphatic heterocycles. The molecule has 0 saturated carbocycles. The van der Waals surface area contributed by atoms with E-state index in [4.69, 9.17) is 4.74 Å². The fourth-order valence-electron chi connectivity index (χ4n) is 5.20. The SMILES string of the molecule is CC/C(C)=C/CCN1C[C@@H]2[C@H](CNC(=O)c3cn(C)cn3)[C@H]3CC[C@]2(C1)O3. The number of hydrogen-bond acceptors (Lipinski definition) is 4. The van der Waals surface area contributed by atoms with Gasteiger partial charge in [0.25, 0.3) is 5.91 Å². The number of allylic oxidation sites excluding steroid dienone is 1. The van der Waals surface area contributed by atoms with Crippen LogP contribution < -0.4 is 5.32 Å². The second-order valence-electron chi connectivity index (χ2n) is 8.59. The van der Waals surface area contributed by atoms with Gasteiger partial charge in [0.2, 0.25) is 0 Å². The van der Waals surface area contributed by atoms with Gasteiger partial charge in [0.1, 0.15) is 5.69 Å². The number of aryl methyl sites for hydroxylation is 1. The van der Waals surface area contributed by atoms with Crippen molar-refractivity contribution >= 4 is 5.91 Å². The van der Waals surface area contributed by atoms with Crippen LogP contribution in [0.1, 0.15) is 50.0 Å². The second kappa shape index (κ2) is 7.40. The molecule has 6 nitrogen and oxygen atoms in total. The van der Waals surface area contributed by atoms with E-state index in [-0.39, 0.29) is 11.5 Å². The molecular weight excluding hydrogens is 340 g/mol. The predicted octanol–water partition coefficient (Wildman–Crippen LogP) is 2.38.